The van der Waals surface area contributed by atoms with Gasteiger partial charge >= 0.3 is 0 Å². The van der Waals surface area contributed by atoms with Crippen LogP contribution in [0.2, 0.25) is 0 Å². The van der Waals surface area contributed by atoms with E-state index in [-0.39, 0.29) is 10.6 Å². The normalized spacial score (nSPS) is 12.8. The van der Waals surface area contributed by atoms with Crippen molar-refractivity contribution in [3.05, 3.63) is 69.3 Å². The first-order chi connectivity index (χ1) is 11.2. The summed E-state index contributed by atoms with van der Waals surface area (Å²) in [7, 11) is -3.85. The molecule has 0 unspecified atom stereocenters. The quantitative estimate of drug-likeness (QED) is 0.639. The summed E-state index contributed by atoms with van der Waals surface area (Å²) in [6.07, 6.45) is 0.910. The van der Waals surface area contributed by atoms with E-state index in [0.717, 1.165) is 18.1 Å². The molecule has 0 aliphatic carbocycles. The van der Waals surface area contributed by atoms with E-state index < -0.39 is 21.0 Å². The predicted octanol–water partition coefficient (Wildman–Crippen LogP) is 3.51. The topological polar surface area (TPSA) is 89.3 Å². The van der Waals surface area contributed by atoms with Gasteiger partial charge in [0, 0.05) is 17.7 Å². The van der Waals surface area contributed by atoms with Gasteiger partial charge in [0.15, 0.2) is 0 Å². The lowest BCUT2D eigenvalue weighted by Gasteiger charge is -2.15. The van der Waals surface area contributed by atoms with Crippen LogP contribution in [-0.2, 0) is 16.4 Å². The van der Waals surface area contributed by atoms with Crippen molar-refractivity contribution in [2.45, 2.75) is 38.1 Å². The Morgan fingerprint density at radius 3 is 2.33 bits per heavy atom. The fourth-order valence-electron chi connectivity index (χ4n) is 2.36. The number of hydrogen-bond acceptors (Lipinski definition) is 4. The largest absolute Gasteiger partial charge is 0.273 e. The van der Waals surface area contributed by atoms with Gasteiger partial charge in [0.2, 0.25) is 10.0 Å². The molecule has 0 heterocycles. The number of rotatable bonds is 6. The molecule has 2 aromatic carbocycles. The molecule has 128 valence electrons. The zero-order valence-corrected chi connectivity index (χ0v) is 14.6. The van der Waals surface area contributed by atoms with Crippen molar-refractivity contribution in [1.82, 2.24) is 4.72 Å². The molecular formula is C17H20N2O4S. The summed E-state index contributed by atoms with van der Waals surface area (Å²) in [6, 6.07) is 11.1. The molecule has 1 N–H and O–H groups in total. The molecule has 1 atom stereocenters. The third-order valence-corrected chi connectivity index (χ3v) is 5.45. The molecule has 0 saturated heterocycles. The second-order valence-corrected chi connectivity index (χ2v) is 7.36. The van der Waals surface area contributed by atoms with Gasteiger partial charge in [-0.05, 0) is 37.5 Å². The fourth-order valence-corrected chi connectivity index (χ4v) is 3.62. The summed E-state index contributed by atoms with van der Waals surface area (Å²) < 4.78 is 27.5. The van der Waals surface area contributed by atoms with Gasteiger partial charge in [-0.1, -0.05) is 37.3 Å². The van der Waals surface area contributed by atoms with Gasteiger partial charge in [-0.25, -0.2) is 13.1 Å². The molecule has 0 amide bonds. The first-order valence-electron chi connectivity index (χ1n) is 7.61. The molecule has 0 fully saturated rings. The van der Waals surface area contributed by atoms with E-state index in [1.807, 2.05) is 31.2 Å². The van der Waals surface area contributed by atoms with Crippen LogP contribution in [0.5, 0.6) is 0 Å². The van der Waals surface area contributed by atoms with Gasteiger partial charge in [-0.15, -0.1) is 0 Å². The van der Waals surface area contributed by atoms with Gasteiger partial charge in [-0.2, -0.15) is 0 Å². The molecule has 0 aromatic heterocycles. The zero-order valence-electron chi connectivity index (χ0n) is 13.8. The van der Waals surface area contributed by atoms with E-state index in [1.165, 1.54) is 17.7 Å². The van der Waals surface area contributed by atoms with Crippen molar-refractivity contribution < 1.29 is 13.3 Å². The van der Waals surface area contributed by atoms with Crippen LogP contribution in [0.4, 0.5) is 5.69 Å². The first kappa shape index (κ1) is 18.1. The predicted molar refractivity (Wildman–Crippen MR) is 92.4 cm³/mol. The van der Waals surface area contributed by atoms with Gasteiger partial charge in [0.05, 0.1) is 9.82 Å². The van der Waals surface area contributed by atoms with Crippen molar-refractivity contribution in [3.8, 4) is 0 Å². The minimum Gasteiger partial charge on any atom is -0.258 e. The standard InChI is InChI=1S/C17H20N2O4S/c1-4-14-6-8-15(9-7-14)13(3)18-24(22,23)16-10-5-12(2)17(11-16)19(20)21/h5-11,13,18H,4H2,1-3H3/t13-/m1/s1. The van der Waals surface area contributed by atoms with E-state index in [0.29, 0.717) is 5.56 Å². The summed E-state index contributed by atoms with van der Waals surface area (Å²) in [5, 5.41) is 11.0. The number of hydrogen-bond donors (Lipinski definition) is 1. The van der Waals surface area contributed by atoms with Gasteiger partial charge in [0.1, 0.15) is 0 Å². The van der Waals surface area contributed by atoms with Gasteiger partial charge < -0.3 is 0 Å². The van der Waals surface area contributed by atoms with Crippen LogP contribution >= 0.6 is 0 Å². The van der Waals surface area contributed by atoms with Crippen LogP contribution < -0.4 is 4.72 Å². The molecule has 0 aliphatic heterocycles. The number of nitrogens with one attached hydrogen (secondary N) is 1. The summed E-state index contributed by atoms with van der Waals surface area (Å²) >= 11 is 0. The molecule has 2 rings (SSSR count). The molecule has 0 saturated carbocycles. The highest BCUT2D eigenvalue weighted by Gasteiger charge is 2.22. The van der Waals surface area contributed by atoms with Crippen LogP contribution in [-0.4, -0.2) is 13.3 Å². The third-order valence-electron chi connectivity index (χ3n) is 3.91. The third kappa shape index (κ3) is 3.98. The SMILES string of the molecule is CCc1ccc([C@@H](C)NS(=O)(=O)c2ccc(C)c([N+](=O)[O-])c2)cc1. The number of aryl methyl sites for hydroxylation is 2. The average molecular weight is 348 g/mol. The Balaban J connectivity index is 2.27. The Morgan fingerprint density at radius 2 is 1.79 bits per heavy atom. The highest BCUT2D eigenvalue weighted by molar-refractivity contribution is 7.89. The second kappa shape index (κ2) is 7.11. The molecule has 2 aromatic rings. The second-order valence-electron chi connectivity index (χ2n) is 5.64. The molecule has 7 heteroatoms. The zero-order chi connectivity index (χ0) is 17.9. The number of nitrogens with zero attached hydrogens (tertiary/aromatic N) is 1. The van der Waals surface area contributed by atoms with Crippen molar-refractivity contribution in [2.75, 3.05) is 0 Å². The lowest BCUT2D eigenvalue weighted by molar-refractivity contribution is -0.385. The van der Waals surface area contributed by atoms with Crippen LogP contribution in [0.15, 0.2) is 47.4 Å². The highest BCUT2D eigenvalue weighted by atomic mass is 32.2. The van der Waals surface area contributed by atoms with Crippen LogP contribution in [0.1, 0.15) is 36.6 Å². The van der Waals surface area contributed by atoms with Crippen molar-refractivity contribution in [1.29, 1.82) is 0 Å². The first-order valence-corrected chi connectivity index (χ1v) is 9.09. The number of nitro groups is 1. The lowest BCUT2D eigenvalue weighted by atomic mass is 10.1. The Labute approximate surface area is 141 Å². The van der Waals surface area contributed by atoms with Gasteiger partial charge in [-0.3, -0.25) is 10.1 Å². The molecule has 6 nitrogen and oxygen atoms in total. The van der Waals surface area contributed by atoms with Gasteiger partial charge in [0.25, 0.3) is 5.69 Å². The average Bonchev–Trinajstić information content (AvgIpc) is 2.54. The van der Waals surface area contributed by atoms with Crippen molar-refractivity contribution in [3.63, 3.8) is 0 Å². The molecule has 0 spiro atoms. The maximum Gasteiger partial charge on any atom is 0.273 e. The maximum absolute atomic E-state index is 12.5. The number of benzene rings is 2. The Hall–Kier alpha value is -2.25. The minimum atomic E-state index is -3.85. The summed E-state index contributed by atoms with van der Waals surface area (Å²) in [5.41, 5.74) is 2.21. The molecule has 0 aliphatic rings. The Bertz CT molecular complexity index is 845. The van der Waals surface area contributed by atoms with E-state index in [4.69, 9.17) is 0 Å². The monoisotopic (exact) mass is 348 g/mol. The van der Waals surface area contributed by atoms with Crippen LogP contribution in [0, 0.1) is 17.0 Å². The maximum atomic E-state index is 12.5. The molecule has 0 bridgehead atoms. The van der Waals surface area contributed by atoms with Crippen LogP contribution in [0.3, 0.4) is 0 Å². The summed E-state index contributed by atoms with van der Waals surface area (Å²) in [4.78, 5) is 10.3. The van der Waals surface area contributed by atoms with Crippen molar-refractivity contribution >= 4 is 15.7 Å². The van der Waals surface area contributed by atoms with E-state index >= 15 is 0 Å². The Morgan fingerprint density at radius 1 is 1.17 bits per heavy atom. The van der Waals surface area contributed by atoms with Crippen LogP contribution in [0.25, 0.3) is 0 Å². The number of sulfonamides is 1. The highest BCUT2D eigenvalue weighted by Crippen LogP contribution is 2.24. The minimum absolute atomic E-state index is 0.114. The summed E-state index contributed by atoms with van der Waals surface area (Å²) in [5.74, 6) is 0. The number of nitro benzene ring substituents is 1. The molecule has 0 radical (unpaired) electrons. The lowest BCUT2D eigenvalue weighted by Crippen LogP contribution is -2.27. The fraction of sp³-hybridized carbons (Fsp3) is 0.294. The van der Waals surface area contributed by atoms with E-state index in [2.05, 4.69) is 4.72 Å². The molecular weight excluding hydrogens is 328 g/mol. The van der Waals surface area contributed by atoms with Crippen molar-refractivity contribution in [2.24, 2.45) is 0 Å². The van der Waals surface area contributed by atoms with E-state index in [9.17, 15) is 18.5 Å². The smallest absolute Gasteiger partial charge is 0.258 e. The summed E-state index contributed by atoms with van der Waals surface area (Å²) in [6.45, 7) is 5.35. The van der Waals surface area contributed by atoms with E-state index in [1.54, 1.807) is 13.8 Å². The molecule has 24 heavy (non-hydrogen) atoms. The Kier molecular flexibility index (Phi) is 5.36.